The predicted molar refractivity (Wildman–Crippen MR) is 116 cm³/mol. The lowest BCUT2D eigenvalue weighted by atomic mass is 9.79. The van der Waals surface area contributed by atoms with Gasteiger partial charge in [-0.3, -0.25) is 14.5 Å². The second-order valence-electron chi connectivity index (χ2n) is 9.46. The van der Waals surface area contributed by atoms with Crippen LogP contribution in [0.15, 0.2) is 24.3 Å². The van der Waals surface area contributed by atoms with E-state index in [1.54, 1.807) is 7.11 Å². The second kappa shape index (κ2) is 8.58. The van der Waals surface area contributed by atoms with E-state index in [9.17, 15) is 9.59 Å². The van der Waals surface area contributed by atoms with Gasteiger partial charge in [-0.2, -0.15) is 0 Å². The molecule has 0 radical (unpaired) electrons. The van der Waals surface area contributed by atoms with Crippen molar-refractivity contribution < 1.29 is 14.3 Å². The Labute approximate surface area is 180 Å². The molecule has 0 saturated carbocycles. The fourth-order valence-corrected chi connectivity index (χ4v) is 5.53. The van der Waals surface area contributed by atoms with Crippen molar-refractivity contribution >= 4 is 11.8 Å². The van der Waals surface area contributed by atoms with Gasteiger partial charge in [-0.25, -0.2) is 0 Å². The van der Waals surface area contributed by atoms with Gasteiger partial charge < -0.3 is 14.5 Å². The first-order valence-electron chi connectivity index (χ1n) is 11.4. The van der Waals surface area contributed by atoms with Gasteiger partial charge in [0.05, 0.1) is 12.5 Å². The number of hydrogen-bond acceptors (Lipinski definition) is 4. The molecule has 3 fully saturated rings. The van der Waals surface area contributed by atoms with Crippen LogP contribution in [0.3, 0.4) is 0 Å². The molecule has 30 heavy (non-hydrogen) atoms. The molecule has 6 nitrogen and oxygen atoms in total. The van der Waals surface area contributed by atoms with Crippen LogP contribution in [0, 0.1) is 11.3 Å². The number of rotatable bonds is 6. The maximum atomic E-state index is 13.6. The van der Waals surface area contributed by atoms with Gasteiger partial charge in [-0.1, -0.05) is 18.2 Å². The van der Waals surface area contributed by atoms with E-state index in [0.717, 1.165) is 50.3 Å². The van der Waals surface area contributed by atoms with E-state index < -0.39 is 5.41 Å². The van der Waals surface area contributed by atoms with Crippen molar-refractivity contribution in [3.8, 4) is 5.75 Å². The average Bonchev–Trinajstić information content (AvgIpc) is 3.46. The number of carbonyl (C=O) groups is 2. The van der Waals surface area contributed by atoms with Gasteiger partial charge in [0.15, 0.2) is 0 Å². The van der Waals surface area contributed by atoms with Crippen molar-refractivity contribution in [3.63, 3.8) is 0 Å². The molecule has 4 rings (SSSR count). The van der Waals surface area contributed by atoms with Gasteiger partial charge in [0, 0.05) is 57.6 Å². The van der Waals surface area contributed by atoms with Crippen LogP contribution < -0.4 is 4.74 Å². The summed E-state index contributed by atoms with van der Waals surface area (Å²) >= 11 is 0. The van der Waals surface area contributed by atoms with Crippen molar-refractivity contribution in [2.75, 3.05) is 46.4 Å². The molecular formula is C24H35N3O3. The van der Waals surface area contributed by atoms with Gasteiger partial charge in [-0.15, -0.1) is 0 Å². The third-order valence-corrected chi connectivity index (χ3v) is 7.34. The highest BCUT2D eigenvalue weighted by molar-refractivity contribution is 5.87. The maximum absolute atomic E-state index is 13.6. The van der Waals surface area contributed by atoms with Gasteiger partial charge in [-0.05, 0) is 44.7 Å². The minimum atomic E-state index is -0.422. The fraction of sp³-hybridized carbons (Fsp3) is 0.667. The number of para-hydroxylation sites is 1. The Hall–Kier alpha value is -2.08. The van der Waals surface area contributed by atoms with E-state index in [2.05, 4.69) is 23.6 Å². The van der Waals surface area contributed by atoms with E-state index in [-0.39, 0.29) is 17.7 Å². The van der Waals surface area contributed by atoms with Crippen molar-refractivity contribution in [2.24, 2.45) is 11.3 Å². The summed E-state index contributed by atoms with van der Waals surface area (Å²) < 4.78 is 5.42. The zero-order valence-corrected chi connectivity index (χ0v) is 18.6. The maximum Gasteiger partial charge on any atom is 0.232 e. The van der Waals surface area contributed by atoms with E-state index in [1.165, 1.54) is 0 Å². The number of amides is 2. The standard InChI is InChI=1S/C24H35N3O3/c1-18(2)26-14-20-15-27(17-24(20,16-26)23(29)25-12-6-7-13-25)22(28)11-10-19-8-4-5-9-21(19)30-3/h4-5,8-9,18,20H,6-7,10-17H2,1-3H3/t20-,24-/m0/s1. The van der Waals surface area contributed by atoms with E-state index >= 15 is 0 Å². The van der Waals surface area contributed by atoms with Gasteiger partial charge >= 0.3 is 0 Å². The summed E-state index contributed by atoms with van der Waals surface area (Å²) in [5.74, 6) is 1.51. The van der Waals surface area contributed by atoms with Gasteiger partial charge in [0.1, 0.15) is 5.75 Å². The first-order valence-corrected chi connectivity index (χ1v) is 11.4. The highest BCUT2D eigenvalue weighted by atomic mass is 16.5. The Morgan fingerprint density at radius 2 is 1.83 bits per heavy atom. The quantitative estimate of drug-likeness (QED) is 0.719. The molecule has 2 amide bonds. The van der Waals surface area contributed by atoms with Crippen LogP contribution in [-0.2, 0) is 16.0 Å². The van der Waals surface area contributed by atoms with Crippen molar-refractivity contribution in [1.82, 2.24) is 14.7 Å². The minimum Gasteiger partial charge on any atom is -0.496 e. The van der Waals surface area contributed by atoms with Crippen LogP contribution in [0.2, 0.25) is 0 Å². The number of hydrogen-bond donors (Lipinski definition) is 0. The normalized spacial score (nSPS) is 26.5. The Kier molecular flexibility index (Phi) is 6.05. The molecule has 3 saturated heterocycles. The SMILES string of the molecule is COc1ccccc1CCC(=O)N1C[C@@H]2CN(C(C)C)C[C@]2(C(=O)N2CCCC2)C1. The highest BCUT2D eigenvalue weighted by Gasteiger charge is 2.59. The summed E-state index contributed by atoms with van der Waals surface area (Å²) in [6.07, 6.45) is 3.31. The molecule has 2 atom stereocenters. The Bertz CT molecular complexity index is 790. The molecule has 0 aromatic heterocycles. The Balaban J connectivity index is 1.46. The Morgan fingerprint density at radius 1 is 1.10 bits per heavy atom. The number of fused-ring (bicyclic) bond motifs is 1. The van der Waals surface area contributed by atoms with Crippen LogP contribution in [0.5, 0.6) is 5.75 Å². The molecule has 0 aliphatic carbocycles. The lowest BCUT2D eigenvalue weighted by Gasteiger charge is -2.33. The molecule has 1 aromatic rings. The summed E-state index contributed by atoms with van der Waals surface area (Å²) in [6.45, 7) is 9.10. The predicted octanol–water partition coefficient (Wildman–Crippen LogP) is 2.42. The minimum absolute atomic E-state index is 0.153. The molecule has 3 aliphatic heterocycles. The molecule has 3 aliphatic rings. The number of benzene rings is 1. The molecule has 164 valence electrons. The highest BCUT2D eigenvalue weighted by Crippen LogP contribution is 2.45. The van der Waals surface area contributed by atoms with Crippen LogP contribution in [0.4, 0.5) is 0 Å². The summed E-state index contributed by atoms with van der Waals surface area (Å²) in [6, 6.07) is 8.30. The molecular weight excluding hydrogens is 378 g/mol. The second-order valence-corrected chi connectivity index (χ2v) is 9.46. The fourth-order valence-electron chi connectivity index (χ4n) is 5.53. The molecule has 6 heteroatoms. The topological polar surface area (TPSA) is 53.1 Å². The van der Waals surface area contributed by atoms with Crippen LogP contribution in [-0.4, -0.2) is 78.9 Å². The van der Waals surface area contributed by atoms with Crippen LogP contribution in [0.1, 0.15) is 38.7 Å². The molecule has 0 N–H and O–H groups in total. The van der Waals surface area contributed by atoms with Crippen molar-refractivity contribution in [2.45, 2.75) is 45.6 Å². The zero-order valence-electron chi connectivity index (χ0n) is 18.6. The third kappa shape index (κ3) is 3.82. The number of likely N-dealkylation sites (tertiary alicyclic amines) is 3. The third-order valence-electron chi connectivity index (χ3n) is 7.34. The van der Waals surface area contributed by atoms with Crippen molar-refractivity contribution in [3.05, 3.63) is 29.8 Å². The number of carbonyl (C=O) groups excluding carboxylic acids is 2. The van der Waals surface area contributed by atoms with Gasteiger partial charge in [0.25, 0.3) is 0 Å². The summed E-state index contributed by atoms with van der Waals surface area (Å²) in [5.41, 5.74) is 0.635. The monoisotopic (exact) mass is 413 g/mol. The smallest absolute Gasteiger partial charge is 0.232 e. The average molecular weight is 414 g/mol. The molecule has 0 bridgehead atoms. The molecule has 0 spiro atoms. The molecule has 0 unspecified atom stereocenters. The van der Waals surface area contributed by atoms with Crippen LogP contribution in [0.25, 0.3) is 0 Å². The first-order chi connectivity index (χ1) is 14.4. The lowest BCUT2D eigenvalue weighted by Crippen LogP contribution is -2.49. The lowest BCUT2D eigenvalue weighted by molar-refractivity contribution is -0.141. The largest absolute Gasteiger partial charge is 0.496 e. The van der Waals surface area contributed by atoms with E-state index in [0.29, 0.717) is 32.0 Å². The van der Waals surface area contributed by atoms with Crippen molar-refractivity contribution in [1.29, 1.82) is 0 Å². The van der Waals surface area contributed by atoms with Crippen LogP contribution >= 0.6 is 0 Å². The van der Waals surface area contributed by atoms with Gasteiger partial charge in [0.2, 0.25) is 11.8 Å². The van der Waals surface area contributed by atoms with E-state index in [1.807, 2.05) is 29.2 Å². The Morgan fingerprint density at radius 3 is 2.53 bits per heavy atom. The number of nitrogens with zero attached hydrogens (tertiary/aromatic N) is 3. The zero-order chi connectivity index (χ0) is 21.3. The number of aryl methyl sites for hydroxylation is 1. The summed E-state index contributed by atoms with van der Waals surface area (Å²) in [4.78, 5) is 33.1. The number of methoxy groups -OCH3 is 1. The van der Waals surface area contributed by atoms with E-state index in [4.69, 9.17) is 4.74 Å². The molecule has 1 aromatic carbocycles. The first kappa shape index (κ1) is 21.2. The molecule has 3 heterocycles. The number of ether oxygens (including phenoxy) is 1. The summed E-state index contributed by atoms with van der Waals surface area (Å²) in [7, 11) is 1.66. The summed E-state index contributed by atoms with van der Waals surface area (Å²) in [5, 5.41) is 0.